The van der Waals surface area contributed by atoms with Gasteiger partial charge in [-0.05, 0) is 80.0 Å². The van der Waals surface area contributed by atoms with E-state index >= 15 is 0 Å². The Labute approximate surface area is 192 Å². The lowest BCUT2D eigenvalue weighted by atomic mass is 9.62. The molecule has 0 amide bonds. The first-order valence-corrected chi connectivity index (χ1v) is 11.3. The molecule has 0 fully saturated rings. The molecule has 3 atom stereocenters. The summed E-state index contributed by atoms with van der Waals surface area (Å²) < 4.78 is 44.0. The van der Waals surface area contributed by atoms with Gasteiger partial charge in [-0.1, -0.05) is 37.2 Å². The maximum absolute atomic E-state index is 14.7. The molecule has 1 heterocycles. The highest BCUT2D eigenvalue weighted by Crippen LogP contribution is 2.60. The number of hydrogen-bond acceptors (Lipinski definition) is 2. The van der Waals surface area contributed by atoms with Crippen molar-refractivity contribution in [3.8, 4) is 0 Å². The van der Waals surface area contributed by atoms with Crippen molar-refractivity contribution in [2.24, 2.45) is 5.41 Å². The van der Waals surface area contributed by atoms with Crippen molar-refractivity contribution >= 4 is 29.1 Å². The second-order valence-corrected chi connectivity index (χ2v) is 9.54. The van der Waals surface area contributed by atoms with Gasteiger partial charge < -0.3 is 10.6 Å². The Morgan fingerprint density at radius 1 is 1.25 bits per heavy atom. The van der Waals surface area contributed by atoms with Crippen molar-refractivity contribution in [1.29, 1.82) is 0 Å². The van der Waals surface area contributed by atoms with Crippen LogP contribution < -0.4 is 10.6 Å². The average molecular weight is 461 g/mol. The van der Waals surface area contributed by atoms with Gasteiger partial charge in [0, 0.05) is 33.7 Å². The molecule has 0 aromatic heterocycles. The lowest BCUT2D eigenvalue weighted by Crippen LogP contribution is -2.48. The Morgan fingerprint density at radius 3 is 2.62 bits per heavy atom. The summed E-state index contributed by atoms with van der Waals surface area (Å²) in [4.78, 5) is 0. The zero-order chi connectivity index (χ0) is 23.4. The van der Waals surface area contributed by atoms with Gasteiger partial charge in [0.05, 0.1) is 11.5 Å². The van der Waals surface area contributed by atoms with E-state index in [4.69, 9.17) is 11.6 Å². The third-order valence-electron chi connectivity index (χ3n) is 7.32. The second-order valence-electron chi connectivity index (χ2n) is 9.14. The topological polar surface area (TPSA) is 24.1 Å². The number of rotatable bonds is 3. The highest BCUT2D eigenvalue weighted by molar-refractivity contribution is 6.31. The number of fused-ring (bicyclic) bond motifs is 2. The Hall–Kier alpha value is -2.40. The third-order valence-corrected chi connectivity index (χ3v) is 7.72. The van der Waals surface area contributed by atoms with Crippen LogP contribution in [0.5, 0.6) is 0 Å². The molecule has 2 nitrogen and oxygen atoms in total. The Kier molecular flexibility index (Phi) is 5.61. The molecule has 0 bridgehead atoms. The van der Waals surface area contributed by atoms with Crippen molar-refractivity contribution in [2.75, 3.05) is 5.32 Å². The zero-order valence-electron chi connectivity index (χ0n) is 18.8. The van der Waals surface area contributed by atoms with Gasteiger partial charge in [0.25, 0.3) is 0 Å². The van der Waals surface area contributed by atoms with Gasteiger partial charge in [-0.2, -0.15) is 13.2 Å². The standard InChI is InChI=1S/C26H28ClF3N2/c1-6-17-13-25(5,26(28,29)30)24(20-12-21(27)14(2)15(3)23(17)20)32-22-9-7-8-18-16(4)31-11-10-19(18)22/h7-12,17,24,31-32H,4,6,13H2,1-3,5H3/t17-,24?,25+/m1/s1. The number of benzene rings is 2. The number of anilines is 1. The van der Waals surface area contributed by atoms with Crippen LogP contribution in [0.4, 0.5) is 18.9 Å². The SMILES string of the molecule is C=C1NC=Cc2c(NC3c4cc(Cl)c(C)c(C)c4[C@H](CC)C[C@]3(C)C(F)(F)F)cccc21. The van der Waals surface area contributed by atoms with Crippen LogP contribution in [0.3, 0.4) is 0 Å². The molecule has 0 spiro atoms. The first-order valence-electron chi connectivity index (χ1n) is 10.9. The molecule has 32 heavy (non-hydrogen) atoms. The minimum absolute atomic E-state index is 0.0265. The molecule has 1 aliphatic carbocycles. The van der Waals surface area contributed by atoms with Crippen LogP contribution in [0.2, 0.25) is 5.02 Å². The predicted molar refractivity (Wildman–Crippen MR) is 127 cm³/mol. The first kappa shape index (κ1) is 22.8. The molecule has 6 heteroatoms. The van der Waals surface area contributed by atoms with Gasteiger partial charge in [-0.3, -0.25) is 0 Å². The number of nitrogens with one attached hydrogen (secondary N) is 2. The monoisotopic (exact) mass is 460 g/mol. The molecule has 2 N–H and O–H groups in total. The van der Waals surface area contributed by atoms with Crippen molar-refractivity contribution in [2.45, 2.75) is 58.7 Å². The van der Waals surface area contributed by atoms with E-state index in [9.17, 15) is 13.2 Å². The van der Waals surface area contributed by atoms with Gasteiger partial charge in [-0.15, -0.1) is 0 Å². The summed E-state index contributed by atoms with van der Waals surface area (Å²) in [6, 6.07) is 6.35. The molecular formula is C26H28ClF3N2. The van der Waals surface area contributed by atoms with Crippen LogP contribution in [-0.4, -0.2) is 6.18 Å². The molecule has 2 aromatic rings. The minimum Gasteiger partial charge on any atom is -0.377 e. The summed E-state index contributed by atoms with van der Waals surface area (Å²) in [6.45, 7) is 11.2. The van der Waals surface area contributed by atoms with Crippen LogP contribution in [0.1, 0.15) is 72.0 Å². The van der Waals surface area contributed by atoms with Gasteiger partial charge in [0.1, 0.15) is 0 Å². The predicted octanol–water partition coefficient (Wildman–Crippen LogP) is 8.12. The molecule has 4 rings (SSSR count). The van der Waals surface area contributed by atoms with Crippen molar-refractivity contribution < 1.29 is 13.2 Å². The average Bonchev–Trinajstić information content (AvgIpc) is 2.73. The third kappa shape index (κ3) is 3.42. The molecule has 2 aliphatic rings. The summed E-state index contributed by atoms with van der Waals surface area (Å²) in [5.41, 5.74) is 4.67. The summed E-state index contributed by atoms with van der Waals surface area (Å²) in [5.74, 6) is -0.181. The first-order chi connectivity index (χ1) is 15.0. The van der Waals surface area contributed by atoms with Crippen LogP contribution in [0, 0.1) is 19.3 Å². The molecule has 0 saturated heterocycles. The lowest BCUT2D eigenvalue weighted by Gasteiger charge is -2.48. The molecular weight excluding hydrogens is 433 g/mol. The van der Waals surface area contributed by atoms with Gasteiger partial charge >= 0.3 is 6.18 Å². The smallest absolute Gasteiger partial charge is 0.377 e. The maximum Gasteiger partial charge on any atom is 0.396 e. The van der Waals surface area contributed by atoms with E-state index in [1.807, 2.05) is 45.0 Å². The van der Waals surface area contributed by atoms with E-state index < -0.39 is 17.6 Å². The highest BCUT2D eigenvalue weighted by Gasteiger charge is 2.59. The second kappa shape index (κ2) is 7.87. The van der Waals surface area contributed by atoms with E-state index in [1.165, 1.54) is 6.92 Å². The van der Waals surface area contributed by atoms with E-state index in [0.29, 0.717) is 28.4 Å². The van der Waals surface area contributed by atoms with Gasteiger partial charge in [-0.25, -0.2) is 0 Å². The molecule has 0 saturated carbocycles. The van der Waals surface area contributed by atoms with E-state index in [1.54, 1.807) is 12.3 Å². The summed E-state index contributed by atoms with van der Waals surface area (Å²) in [7, 11) is 0. The molecule has 1 unspecified atom stereocenters. The molecule has 2 aromatic carbocycles. The largest absolute Gasteiger partial charge is 0.396 e. The van der Waals surface area contributed by atoms with Gasteiger partial charge in [0.15, 0.2) is 0 Å². The Morgan fingerprint density at radius 2 is 1.97 bits per heavy atom. The summed E-state index contributed by atoms with van der Waals surface area (Å²) in [6.07, 6.45) is -0.105. The number of hydrogen-bond donors (Lipinski definition) is 2. The lowest BCUT2D eigenvalue weighted by molar-refractivity contribution is -0.230. The fourth-order valence-corrected chi connectivity index (χ4v) is 5.49. The quantitative estimate of drug-likeness (QED) is 0.483. The van der Waals surface area contributed by atoms with Crippen LogP contribution in [-0.2, 0) is 0 Å². The minimum atomic E-state index is -4.39. The summed E-state index contributed by atoms with van der Waals surface area (Å²) >= 11 is 6.51. The molecule has 0 radical (unpaired) electrons. The van der Waals surface area contributed by atoms with Crippen LogP contribution in [0.25, 0.3) is 11.8 Å². The highest BCUT2D eigenvalue weighted by atomic mass is 35.5. The molecule has 1 aliphatic heterocycles. The van der Waals surface area contributed by atoms with Crippen molar-refractivity contribution in [1.82, 2.24) is 5.32 Å². The van der Waals surface area contributed by atoms with E-state index in [0.717, 1.165) is 27.8 Å². The normalized spacial score (nSPS) is 24.6. The summed E-state index contributed by atoms with van der Waals surface area (Å²) in [5, 5.41) is 6.86. The molecule has 170 valence electrons. The Bertz CT molecular complexity index is 1120. The maximum atomic E-state index is 14.7. The number of alkyl halides is 3. The number of halogens is 4. The van der Waals surface area contributed by atoms with Crippen molar-refractivity contribution in [3.63, 3.8) is 0 Å². The van der Waals surface area contributed by atoms with Crippen LogP contribution >= 0.6 is 11.6 Å². The van der Waals surface area contributed by atoms with Crippen LogP contribution in [0.15, 0.2) is 37.0 Å². The van der Waals surface area contributed by atoms with E-state index in [-0.39, 0.29) is 12.3 Å². The Balaban J connectivity index is 1.94. The fraction of sp³-hybridized carbons (Fsp3) is 0.385. The van der Waals surface area contributed by atoms with Crippen molar-refractivity contribution in [3.05, 3.63) is 75.4 Å². The zero-order valence-corrected chi connectivity index (χ0v) is 19.5. The van der Waals surface area contributed by atoms with Gasteiger partial charge in [0.2, 0.25) is 0 Å². The fourth-order valence-electron chi connectivity index (χ4n) is 5.23. The van der Waals surface area contributed by atoms with E-state index in [2.05, 4.69) is 17.2 Å².